The molecule has 81 valence electrons. The van der Waals surface area contributed by atoms with Gasteiger partial charge in [0.25, 0.3) is 0 Å². The normalized spacial score (nSPS) is 9.67. The van der Waals surface area contributed by atoms with Gasteiger partial charge in [-0.15, -0.1) is 0 Å². The Morgan fingerprint density at radius 2 is 2.00 bits per heavy atom. The highest BCUT2D eigenvalue weighted by Gasteiger charge is 2.02. The van der Waals surface area contributed by atoms with Crippen LogP contribution in [0, 0.1) is 6.92 Å². The Hall–Kier alpha value is -1.51. The van der Waals surface area contributed by atoms with Crippen LogP contribution in [0.3, 0.4) is 0 Å². The van der Waals surface area contributed by atoms with Crippen molar-refractivity contribution in [2.45, 2.75) is 12.8 Å². The average Bonchev–Trinajstić information content (AvgIpc) is 2.28. The van der Waals surface area contributed by atoms with Gasteiger partial charge in [-0.25, -0.2) is 4.79 Å². The van der Waals surface area contributed by atoms with Crippen LogP contribution in [-0.4, -0.2) is 19.2 Å². The molecule has 1 aromatic carbocycles. The summed E-state index contributed by atoms with van der Waals surface area (Å²) in [6.45, 7) is 4.03. The molecule has 0 saturated carbocycles. The third kappa shape index (κ3) is 5.05. The molecule has 0 saturated heterocycles. The summed E-state index contributed by atoms with van der Waals surface area (Å²) >= 11 is 0. The number of esters is 1. The first-order valence-corrected chi connectivity index (χ1v) is 4.95. The number of hydrogen-bond donors (Lipinski definition) is 0. The molecule has 3 heteroatoms. The van der Waals surface area contributed by atoms with Gasteiger partial charge in [0.05, 0.1) is 6.61 Å². The lowest BCUT2D eigenvalue weighted by atomic mass is 10.3. The molecular weight excluding hydrogens is 192 g/mol. The first-order chi connectivity index (χ1) is 7.33. The van der Waals surface area contributed by atoms with Gasteiger partial charge >= 0.3 is 5.97 Å². The van der Waals surface area contributed by atoms with Gasteiger partial charge in [-0.1, -0.05) is 31.5 Å². The van der Waals surface area contributed by atoms with Crippen molar-refractivity contribution in [1.82, 2.24) is 0 Å². The van der Waals surface area contributed by atoms with Crippen LogP contribution in [0.4, 0.5) is 0 Å². The summed E-state index contributed by atoms with van der Waals surface area (Å²) in [5.41, 5.74) is 0. The lowest BCUT2D eigenvalue weighted by molar-refractivity contribution is -0.146. The van der Waals surface area contributed by atoms with E-state index in [1.54, 1.807) is 12.1 Å². The van der Waals surface area contributed by atoms with Crippen LogP contribution in [-0.2, 0) is 9.53 Å². The second-order valence-corrected chi connectivity index (χ2v) is 3.03. The lowest BCUT2D eigenvalue weighted by Crippen LogP contribution is -2.15. The van der Waals surface area contributed by atoms with Gasteiger partial charge in [-0.3, -0.25) is 0 Å². The summed E-state index contributed by atoms with van der Waals surface area (Å²) < 4.78 is 10.1. The van der Waals surface area contributed by atoms with Crippen LogP contribution in [0.25, 0.3) is 0 Å². The molecule has 0 N–H and O–H groups in total. The van der Waals surface area contributed by atoms with Gasteiger partial charge in [0.15, 0.2) is 6.61 Å². The van der Waals surface area contributed by atoms with Gasteiger partial charge in [-0.05, 0) is 18.6 Å². The van der Waals surface area contributed by atoms with E-state index < -0.39 is 0 Å². The SMILES string of the molecule is [CH2]CCCOC(=O)COc1ccccc1. The van der Waals surface area contributed by atoms with Crippen molar-refractivity contribution in [1.29, 1.82) is 0 Å². The van der Waals surface area contributed by atoms with Crippen LogP contribution >= 0.6 is 0 Å². The molecular formula is C12H15O3. The predicted molar refractivity (Wildman–Crippen MR) is 57.5 cm³/mol. The van der Waals surface area contributed by atoms with E-state index in [0.29, 0.717) is 12.4 Å². The molecule has 3 nitrogen and oxygen atoms in total. The van der Waals surface area contributed by atoms with Gasteiger partial charge in [0, 0.05) is 0 Å². The summed E-state index contributed by atoms with van der Waals surface area (Å²) in [6.07, 6.45) is 1.56. The summed E-state index contributed by atoms with van der Waals surface area (Å²) in [7, 11) is 0. The molecule has 0 atom stereocenters. The van der Waals surface area contributed by atoms with Crippen molar-refractivity contribution >= 4 is 5.97 Å². The van der Waals surface area contributed by atoms with Crippen molar-refractivity contribution in [3.8, 4) is 5.75 Å². The lowest BCUT2D eigenvalue weighted by Gasteiger charge is -2.05. The maximum absolute atomic E-state index is 11.1. The van der Waals surface area contributed by atoms with E-state index in [2.05, 4.69) is 6.92 Å². The van der Waals surface area contributed by atoms with Gasteiger partial charge in [0.1, 0.15) is 5.75 Å². The number of rotatable bonds is 6. The van der Waals surface area contributed by atoms with Crippen molar-refractivity contribution < 1.29 is 14.3 Å². The topological polar surface area (TPSA) is 35.5 Å². The molecule has 0 unspecified atom stereocenters. The van der Waals surface area contributed by atoms with E-state index in [4.69, 9.17) is 9.47 Å². The highest BCUT2D eigenvalue weighted by Crippen LogP contribution is 2.07. The fraction of sp³-hybridized carbons (Fsp3) is 0.333. The van der Waals surface area contributed by atoms with Gasteiger partial charge in [0.2, 0.25) is 0 Å². The number of carbonyl (C=O) groups is 1. The summed E-state index contributed by atoms with van der Waals surface area (Å²) in [4.78, 5) is 11.1. The zero-order valence-electron chi connectivity index (χ0n) is 8.65. The minimum absolute atomic E-state index is 0.0405. The van der Waals surface area contributed by atoms with Crippen LogP contribution in [0.1, 0.15) is 12.8 Å². The van der Waals surface area contributed by atoms with E-state index in [-0.39, 0.29) is 12.6 Å². The molecule has 0 aromatic heterocycles. The Labute approximate surface area is 90.0 Å². The van der Waals surface area contributed by atoms with Crippen LogP contribution in [0.5, 0.6) is 5.75 Å². The molecule has 0 aliphatic rings. The third-order valence-electron chi connectivity index (χ3n) is 1.76. The molecule has 1 aromatic rings. The summed E-state index contributed by atoms with van der Waals surface area (Å²) in [5.74, 6) is 0.332. The van der Waals surface area contributed by atoms with E-state index in [0.717, 1.165) is 12.8 Å². The molecule has 1 rings (SSSR count). The van der Waals surface area contributed by atoms with Crippen molar-refractivity contribution in [3.63, 3.8) is 0 Å². The second-order valence-electron chi connectivity index (χ2n) is 3.03. The maximum Gasteiger partial charge on any atom is 0.344 e. The molecule has 15 heavy (non-hydrogen) atoms. The standard InChI is InChI=1S/C12H15O3/c1-2-3-9-14-12(13)10-15-11-7-5-4-6-8-11/h4-8H,1-3,9-10H2. The van der Waals surface area contributed by atoms with E-state index in [1.807, 2.05) is 18.2 Å². The Kier molecular flexibility index (Phi) is 5.30. The predicted octanol–water partition coefficient (Wildman–Crippen LogP) is 2.22. The summed E-state index contributed by atoms with van der Waals surface area (Å²) in [6, 6.07) is 9.18. The minimum Gasteiger partial charge on any atom is -0.482 e. The highest BCUT2D eigenvalue weighted by molar-refractivity contribution is 5.71. The number of unbranched alkanes of at least 4 members (excludes halogenated alkanes) is 1. The molecule has 0 aliphatic carbocycles. The largest absolute Gasteiger partial charge is 0.482 e. The number of benzene rings is 1. The molecule has 0 aliphatic heterocycles. The molecule has 0 heterocycles. The molecule has 1 radical (unpaired) electrons. The van der Waals surface area contributed by atoms with E-state index in [1.165, 1.54) is 0 Å². The molecule has 0 spiro atoms. The average molecular weight is 207 g/mol. The fourth-order valence-corrected chi connectivity index (χ4v) is 0.989. The van der Waals surface area contributed by atoms with E-state index in [9.17, 15) is 4.79 Å². The number of hydrogen-bond acceptors (Lipinski definition) is 3. The smallest absolute Gasteiger partial charge is 0.344 e. The van der Waals surface area contributed by atoms with Crippen LogP contribution in [0.15, 0.2) is 30.3 Å². The molecule has 0 amide bonds. The Balaban J connectivity index is 2.17. The molecule has 0 bridgehead atoms. The van der Waals surface area contributed by atoms with Gasteiger partial charge < -0.3 is 9.47 Å². The Morgan fingerprint density at radius 3 is 2.67 bits per heavy atom. The Morgan fingerprint density at radius 1 is 1.27 bits per heavy atom. The summed E-state index contributed by atoms with van der Waals surface area (Å²) in [5, 5.41) is 0. The fourth-order valence-electron chi connectivity index (χ4n) is 0.989. The van der Waals surface area contributed by atoms with Crippen molar-refractivity contribution in [3.05, 3.63) is 37.3 Å². The van der Waals surface area contributed by atoms with Crippen molar-refractivity contribution in [2.75, 3.05) is 13.2 Å². The molecule has 0 fully saturated rings. The van der Waals surface area contributed by atoms with Gasteiger partial charge in [-0.2, -0.15) is 0 Å². The van der Waals surface area contributed by atoms with Crippen LogP contribution in [0.2, 0.25) is 0 Å². The maximum atomic E-state index is 11.1. The monoisotopic (exact) mass is 207 g/mol. The first-order valence-electron chi connectivity index (χ1n) is 4.95. The van der Waals surface area contributed by atoms with Crippen LogP contribution < -0.4 is 4.74 Å². The third-order valence-corrected chi connectivity index (χ3v) is 1.76. The minimum atomic E-state index is -0.340. The highest BCUT2D eigenvalue weighted by atomic mass is 16.6. The van der Waals surface area contributed by atoms with E-state index >= 15 is 0 Å². The van der Waals surface area contributed by atoms with Crippen molar-refractivity contribution in [2.24, 2.45) is 0 Å². The second kappa shape index (κ2) is 6.87. The quantitative estimate of drug-likeness (QED) is 0.530. The zero-order chi connectivity index (χ0) is 10.9. The zero-order valence-corrected chi connectivity index (χ0v) is 8.65. The number of carbonyl (C=O) groups excluding carboxylic acids is 1. The Bertz CT molecular complexity index is 282. The number of ether oxygens (including phenoxy) is 2. The number of para-hydroxylation sites is 1. The first kappa shape index (κ1) is 11.6.